The number of nitrogens with zero attached hydrogens (tertiary/aromatic N) is 3. The lowest BCUT2D eigenvalue weighted by molar-refractivity contribution is 0.422. The van der Waals surface area contributed by atoms with Gasteiger partial charge in [0, 0.05) is 17.9 Å². The Labute approximate surface area is 223 Å². The van der Waals surface area contributed by atoms with Crippen LogP contribution in [0.1, 0.15) is 73.9 Å². The Hall–Kier alpha value is -0.513. The maximum absolute atomic E-state index is 16.5. The van der Waals surface area contributed by atoms with Crippen molar-refractivity contribution in [3.05, 3.63) is 22.2 Å². The monoisotopic (exact) mass is 606 g/mol. The van der Waals surface area contributed by atoms with Crippen molar-refractivity contribution in [2.24, 2.45) is 4.36 Å². The summed E-state index contributed by atoms with van der Waals surface area (Å²) in [6.45, 7) is 15.5. The zero-order chi connectivity index (χ0) is 26.9. The summed E-state index contributed by atoms with van der Waals surface area (Å²) < 4.78 is 50.3. The van der Waals surface area contributed by atoms with Crippen molar-refractivity contribution >= 4 is 50.3 Å². The molecule has 198 valence electrons. The number of nitriles is 1. The summed E-state index contributed by atoms with van der Waals surface area (Å²) in [5.41, 5.74) is -1.30. The number of rotatable bonds is 9. The van der Waals surface area contributed by atoms with Gasteiger partial charge < -0.3 is 4.55 Å². The number of nitrogens with one attached hydrogen (secondary N) is 1. The average molecular weight is 608 g/mol. The van der Waals surface area contributed by atoms with Crippen LogP contribution in [0, 0.1) is 17.1 Å². The van der Waals surface area contributed by atoms with Crippen LogP contribution >= 0.6 is 15.9 Å². The molecule has 1 aliphatic heterocycles. The van der Waals surface area contributed by atoms with Crippen molar-refractivity contribution < 1.29 is 13.2 Å². The molecule has 11 heteroatoms. The maximum Gasteiger partial charge on any atom is 0.146 e. The Morgan fingerprint density at radius 1 is 1.31 bits per heavy atom. The van der Waals surface area contributed by atoms with Crippen LogP contribution in [0.3, 0.4) is 0 Å². The van der Waals surface area contributed by atoms with E-state index in [-0.39, 0.29) is 11.4 Å². The minimum absolute atomic E-state index is 0.0792. The fourth-order valence-corrected chi connectivity index (χ4v) is 12.7. The Morgan fingerprint density at radius 3 is 2.37 bits per heavy atom. The van der Waals surface area contributed by atoms with Crippen LogP contribution in [0.4, 0.5) is 4.39 Å². The first-order valence-electron chi connectivity index (χ1n) is 12.2. The second-order valence-electron chi connectivity index (χ2n) is 10.9. The molecule has 1 aromatic heterocycles. The maximum atomic E-state index is 16.5. The van der Waals surface area contributed by atoms with Gasteiger partial charge >= 0.3 is 0 Å². The smallest absolute Gasteiger partial charge is 0.146 e. The van der Waals surface area contributed by atoms with Crippen molar-refractivity contribution in [1.29, 1.82) is 5.26 Å². The quantitative estimate of drug-likeness (QED) is 0.227. The first-order chi connectivity index (χ1) is 16.1. The van der Waals surface area contributed by atoms with E-state index in [9.17, 15) is 14.0 Å². The van der Waals surface area contributed by atoms with Crippen molar-refractivity contribution in [1.82, 2.24) is 9.71 Å². The van der Waals surface area contributed by atoms with Gasteiger partial charge in [-0.3, -0.25) is 0 Å². The largest absolute Gasteiger partial charge is 0.598 e. The Morgan fingerprint density at radius 2 is 1.89 bits per heavy atom. The first kappa shape index (κ1) is 30.7. The van der Waals surface area contributed by atoms with Crippen molar-refractivity contribution in [3.63, 3.8) is 0 Å². The molecule has 1 aliphatic rings. The average Bonchev–Trinajstić information content (AvgIpc) is 2.78. The second-order valence-corrected chi connectivity index (χ2v) is 21.6. The molecule has 0 saturated carbocycles. The molecule has 4 atom stereocenters. The van der Waals surface area contributed by atoms with E-state index in [0.29, 0.717) is 29.2 Å². The normalized spacial score (nSPS) is 25.9. The highest BCUT2D eigenvalue weighted by atomic mass is 79.9. The molecule has 1 N–H and O–H groups in total. The zero-order valence-corrected chi connectivity index (χ0v) is 26.5. The van der Waals surface area contributed by atoms with E-state index < -0.39 is 50.0 Å². The third kappa shape index (κ3) is 5.98. The fraction of sp³-hybridized carbons (Fsp3) is 0.750. The lowest BCUT2D eigenvalue weighted by atomic mass is 10.0. The van der Waals surface area contributed by atoms with Crippen LogP contribution < -0.4 is 9.91 Å². The van der Waals surface area contributed by atoms with E-state index in [1.807, 2.05) is 20.8 Å². The van der Waals surface area contributed by atoms with Crippen molar-refractivity contribution in [2.75, 3.05) is 12.3 Å². The van der Waals surface area contributed by atoms with E-state index in [1.54, 1.807) is 19.9 Å². The van der Waals surface area contributed by atoms with Crippen LogP contribution in [0.2, 0.25) is 18.1 Å². The molecule has 0 saturated heterocycles. The molecule has 1 unspecified atom stereocenters. The molecule has 0 amide bonds. The third-order valence-corrected chi connectivity index (χ3v) is 18.5. The number of hydrogen-bond donors (Lipinski definition) is 1. The molecule has 35 heavy (non-hydrogen) atoms. The predicted octanol–water partition coefficient (Wildman–Crippen LogP) is 5.51. The second kappa shape index (κ2) is 11.1. The summed E-state index contributed by atoms with van der Waals surface area (Å²) in [5.74, 6) is -0.589. The van der Waals surface area contributed by atoms with Crippen molar-refractivity contribution in [3.8, 4) is 6.07 Å². The highest BCUT2D eigenvalue weighted by Gasteiger charge is 2.49. The highest BCUT2D eigenvalue weighted by Crippen LogP contribution is 2.37. The standard InChI is InChI=1S/C24H40BrFN4O2S2Si/c1-9-35(10-2,11-3)18-15-19(25)29-21(20(18)26)24(8,30-33(31)22(4,5)6)17-34(32)23(7,16-27)13-12-14-28-34/h15,30H,9-14,17H2,1-8H3/t23-,24+,33?,34-/m1/s1. The van der Waals surface area contributed by atoms with Crippen LogP contribution in [-0.4, -0.2) is 43.6 Å². The molecule has 0 bridgehead atoms. The molecular weight excluding hydrogens is 567 g/mol. The van der Waals surface area contributed by atoms with Gasteiger partial charge in [-0.05, 0) is 74.6 Å². The Bertz CT molecular complexity index is 1090. The van der Waals surface area contributed by atoms with E-state index in [4.69, 9.17) is 0 Å². The summed E-state index contributed by atoms with van der Waals surface area (Å²) in [5, 5.41) is 10.6. The molecule has 6 nitrogen and oxygen atoms in total. The van der Waals surface area contributed by atoms with Crippen molar-refractivity contribution in [2.45, 2.75) is 101 Å². The van der Waals surface area contributed by atoms with E-state index in [0.717, 1.165) is 18.1 Å². The number of pyridine rings is 1. The molecule has 0 radical (unpaired) electrons. The van der Waals surface area contributed by atoms with Crippen LogP contribution in [0.15, 0.2) is 15.0 Å². The SMILES string of the molecule is CC[Si](CC)(CC)c1cc(Br)nc([C@](C)(C[S@]2(=O)=NCCC[C@]2(C)C#N)N[S+]([O-])C(C)(C)C)c1F. The number of hydrogen-bond acceptors (Lipinski definition) is 6. The van der Waals surface area contributed by atoms with Gasteiger partial charge in [-0.25, -0.2) is 17.9 Å². The number of aromatic nitrogens is 1. The Kier molecular flexibility index (Phi) is 9.72. The lowest BCUT2D eigenvalue weighted by Gasteiger charge is -2.39. The minimum Gasteiger partial charge on any atom is -0.598 e. The molecule has 0 aliphatic carbocycles. The van der Waals surface area contributed by atoms with Gasteiger partial charge in [0.25, 0.3) is 0 Å². The van der Waals surface area contributed by atoms with Crippen LogP contribution in [0.5, 0.6) is 0 Å². The highest BCUT2D eigenvalue weighted by molar-refractivity contribution is 9.10. The zero-order valence-electron chi connectivity index (χ0n) is 22.3. The van der Waals surface area contributed by atoms with E-state index in [2.05, 4.69) is 56.8 Å². The van der Waals surface area contributed by atoms with Crippen LogP contribution in [0.25, 0.3) is 0 Å². The summed E-state index contributed by atoms with van der Waals surface area (Å²) in [4.78, 5) is 4.54. The molecule has 0 fully saturated rings. The predicted molar refractivity (Wildman–Crippen MR) is 151 cm³/mol. The Balaban J connectivity index is 2.84. The van der Waals surface area contributed by atoms with E-state index in [1.165, 1.54) is 0 Å². The molecule has 0 aromatic carbocycles. The summed E-state index contributed by atoms with van der Waals surface area (Å²) >= 11 is 1.88. The lowest BCUT2D eigenvalue weighted by Crippen LogP contribution is -2.57. The third-order valence-electron chi connectivity index (χ3n) is 7.46. The summed E-state index contributed by atoms with van der Waals surface area (Å²) in [7, 11) is -5.27. The van der Waals surface area contributed by atoms with Gasteiger partial charge in [-0.15, -0.1) is 4.72 Å². The molecule has 1 aromatic rings. The van der Waals surface area contributed by atoms with Gasteiger partial charge in [-0.2, -0.15) is 5.26 Å². The van der Waals surface area contributed by atoms with Gasteiger partial charge in [0.1, 0.15) is 31.1 Å². The first-order valence-corrected chi connectivity index (χ1v) is 18.5. The summed E-state index contributed by atoms with van der Waals surface area (Å²) in [6, 6.07) is 6.65. The van der Waals surface area contributed by atoms with Crippen LogP contribution in [-0.2, 0) is 26.6 Å². The topological polar surface area (TPSA) is 101 Å². The summed E-state index contributed by atoms with van der Waals surface area (Å²) in [6.07, 6.45) is 1.12. The fourth-order valence-electron chi connectivity index (χ4n) is 4.73. The number of halogens is 2. The molecule has 2 rings (SSSR count). The van der Waals surface area contributed by atoms with E-state index >= 15 is 4.39 Å². The van der Waals surface area contributed by atoms with Gasteiger partial charge in [-0.1, -0.05) is 38.9 Å². The minimum atomic E-state index is -3.12. The molecule has 2 heterocycles. The molecular formula is C24H40BrFN4O2S2Si. The van der Waals surface area contributed by atoms with Gasteiger partial charge in [0.2, 0.25) is 0 Å². The van der Waals surface area contributed by atoms with Gasteiger partial charge in [0.15, 0.2) is 0 Å². The molecule has 0 spiro atoms. The van der Waals surface area contributed by atoms with Gasteiger partial charge in [0.05, 0.1) is 29.6 Å².